The number of β-amino-alcohol motifs (C(OH)–C–C–N with tert-alkyl or cyclic N) is 1. The molecule has 2 heterocycles. The summed E-state index contributed by atoms with van der Waals surface area (Å²) in [6.07, 6.45) is -0.626. The van der Waals surface area contributed by atoms with E-state index in [-0.39, 0.29) is 25.3 Å². The van der Waals surface area contributed by atoms with Crippen LogP contribution in [0, 0.1) is 19.3 Å². The normalized spacial score (nSPS) is 18.8. The van der Waals surface area contributed by atoms with Crippen molar-refractivity contribution < 1.29 is 19.5 Å². The van der Waals surface area contributed by atoms with Crippen molar-refractivity contribution in [1.82, 2.24) is 25.2 Å². The molecule has 0 radical (unpaired) electrons. The number of hydrogen-bond donors (Lipinski definition) is 3. The summed E-state index contributed by atoms with van der Waals surface area (Å²) < 4.78 is 1.59. The number of nitrogens with one attached hydrogen (secondary N) is 1. The van der Waals surface area contributed by atoms with Crippen molar-refractivity contribution in [3.8, 4) is 11.1 Å². The minimum Gasteiger partial charge on any atom is -0.391 e. The summed E-state index contributed by atoms with van der Waals surface area (Å²) >= 11 is 0. The molecule has 10 heteroatoms. The highest BCUT2D eigenvalue weighted by molar-refractivity contribution is 5.93. The highest BCUT2D eigenvalue weighted by atomic mass is 16.3. The monoisotopic (exact) mass is 546 g/mol. The van der Waals surface area contributed by atoms with E-state index >= 15 is 0 Å². The average Bonchev–Trinajstić information content (AvgIpc) is 3.46. The Labute approximate surface area is 234 Å². The lowest BCUT2D eigenvalue weighted by Crippen LogP contribution is -2.54. The highest BCUT2D eigenvalue weighted by Gasteiger charge is 2.46. The zero-order chi connectivity index (χ0) is 29.2. The molecule has 0 spiro atoms. The van der Waals surface area contributed by atoms with E-state index in [0.717, 1.165) is 22.4 Å². The van der Waals surface area contributed by atoms with Gasteiger partial charge in [-0.3, -0.25) is 14.4 Å². The topological polar surface area (TPSA) is 143 Å². The van der Waals surface area contributed by atoms with E-state index in [1.54, 1.807) is 4.68 Å². The van der Waals surface area contributed by atoms with Gasteiger partial charge in [0.2, 0.25) is 17.7 Å². The van der Waals surface area contributed by atoms with Gasteiger partial charge in [0.05, 0.1) is 17.5 Å². The Hall–Kier alpha value is -4.05. The first-order chi connectivity index (χ1) is 18.9. The van der Waals surface area contributed by atoms with Crippen LogP contribution in [0.15, 0.2) is 54.6 Å². The molecular formula is C30H38N6O4. The first-order valence-electron chi connectivity index (χ1n) is 13.5. The number of likely N-dealkylation sites (tertiary alicyclic amines) is 1. The Bertz CT molecular complexity index is 1360. The van der Waals surface area contributed by atoms with E-state index in [0.29, 0.717) is 5.69 Å². The number of aryl methyl sites for hydroxylation is 1. The zero-order valence-electron chi connectivity index (χ0n) is 23.7. The number of primary amides is 1. The van der Waals surface area contributed by atoms with Crippen molar-refractivity contribution in [3.05, 3.63) is 71.5 Å². The van der Waals surface area contributed by atoms with Gasteiger partial charge in [-0.05, 0) is 36.0 Å². The van der Waals surface area contributed by atoms with Gasteiger partial charge in [-0.25, -0.2) is 4.68 Å². The molecule has 0 unspecified atom stereocenters. The third-order valence-electron chi connectivity index (χ3n) is 7.48. The molecule has 4 atom stereocenters. The van der Waals surface area contributed by atoms with Crippen LogP contribution in [0.25, 0.3) is 11.1 Å². The van der Waals surface area contributed by atoms with Crippen molar-refractivity contribution in [2.24, 2.45) is 11.1 Å². The summed E-state index contributed by atoms with van der Waals surface area (Å²) in [6.45, 7) is 9.41. The molecule has 2 aromatic carbocycles. The third-order valence-corrected chi connectivity index (χ3v) is 7.48. The molecule has 1 saturated heterocycles. The number of amides is 3. The number of aliphatic hydroxyl groups is 1. The Morgan fingerprint density at radius 3 is 2.23 bits per heavy atom. The Morgan fingerprint density at radius 1 is 1.05 bits per heavy atom. The molecule has 3 amide bonds. The highest BCUT2D eigenvalue weighted by Crippen LogP contribution is 2.35. The van der Waals surface area contributed by atoms with Gasteiger partial charge in [0, 0.05) is 19.4 Å². The molecule has 212 valence electrons. The molecule has 1 aliphatic heterocycles. The van der Waals surface area contributed by atoms with Crippen LogP contribution in [0.4, 0.5) is 0 Å². The summed E-state index contributed by atoms with van der Waals surface area (Å²) in [5.41, 5.74) is 9.50. The molecule has 4 rings (SSSR count). The smallest absolute Gasteiger partial charge is 0.248 e. The molecule has 10 nitrogen and oxygen atoms in total. The van der Waals surface area contributed by atoms with Gasteiger partial charge in [-0.15, -0.1) is 5.10 Å². The number of rotatable bonds is 8. The van der Waals surface area contributed by atoms with Crippen molar-refractivity contribution in [3.63, 3.8) is 0 Å². The van der Waals surface area contributed by atoms with Crippen LogP contribution in [-0.2, 0) is 20.8 Å². The number of nitrogens with zero attached hydrogens (tertiary/aromatic N) is 4. The zero-order valence-corrected chi connectivity index (χ0v) is 23.7. The van der Waals surface area contributed by atoms with Gasteiger partial charge in [-0.1, -0.05) is 80.6 Å². The van der Waals surface area contributed by atoms with Crippen LogP contribution in [-0.4, -0.2) is 67.5 Å². The first-order valence-corrected chi connectivity index (χ1v) is 13.5. The molecule has 0 aliphatic carbocycles. The summed E-state index contributed by atoms with van der Waals surface area (Å²) in [7, 11) is 0. The minimum absolute atomic E-state index is 0.00157. The maximum atomic E-state index is 13.9. The summed E-state index contributed by atoms with van der Waals surface area (Å²) in [5, 5.41) is 21.5. The molecule has 0 bridgehead atoms. The van der Waals surface area contributed by atoms with Gasteiger partial charge >= 0.3 is 0 Å². The maximum Gasteiger partial charge on any atom is 0.248 e. The van der Waals surface area contributed by atoms with Crippen LogP contribution >= 0.6 is 0 Å². The van der Waals surface area contributed by atoms with E-state index in [2.05, 4.69) is 15.6 Å². The van der Waals surface area contributed by atoms with E-state index in [9.17, 15) is 19.5 Å². The number of nitrogens with two attached hydrogens (primary N) is 1. The molecule has 3 aromatic rings. The molecule has 0 saturated carbocycles. The quantitative estimate of drug-likeness (QED) is 0.396. The Kier molecular flexibility index (Phi) is 8.39. The molecule has 1 aromatic heterocycles. The predicted octanol–water partition coefficient (Wildman–Crippen LogP) is 2.32. The number of aliphatic hydroxyl groups excluding tert-OH is 1. The van der Waals surface area contributed by atoms with Gasteiger partial charge < -0.3 is 21.1 Å². The van der Waals surface area contributed by atoms with Crippen LogP contribution in [0.5, 0.6) is 0 Å². The Balaban J connectivity index is 1.51. The molecule has 40 heavy (non-hydrogen) atoms. The molecule has 1 aliphatic rings. The number of carbonyl (C=O) groups excluding carboxylic acids is 3. The Morgan fingerprint density at radius 2 is 1.68 bits per heavy atom. The van der Waals surface area contributed by atoms with Crippen molar-refractivity contribution in [1.29, 1.82) is 0 Å². The third kappa shape index (κ3) is 6.22. The SMILES string of the molecule is Cc1nnn([C@H](C(=O)N2C[C@H](O)C[C@H]2C(=O)N[C@H](Cc2ccc(-c3ccccc3)cc2)C(N)=O)C(C)(C)C)c1C. The number of benzene rings is 2. The van der Waals surface area contributed by atoms with Gasteiger partial charge in [0.25, 0.3) is 0 Å². The maximum absolute atomic E-state index is 13.9. The van der Waals surface area contributed by atoms with Gasteiger partial charge in [0.1, 0.15) is 18.1 Å². The lowest BCUT2D eigenvalue weighted by atomic mass is 9.85. The van der Waals surface area contributed by atoms with E-state index in [1.807, 2.05) is 89.2 Å². The fourth-order valence-corrected chi connectivity index (χ4v) is 5.16. The van der Waals surface area contributed by atoms with Gasteiger partial charge in [-0.2, -0.15) is 0 Å². The van der Waals surface area contributed by atoms with Crippen LogP contribution in [0.3, 0.4) is 0 Å². The summed E-state index contributed by atoms with van der Waals surface area (Å²) in [6, 6.07) is 14.9. The molecular weight excluding hydrogens is 508 g/mol. The lowest BCUT2D eigenvalue weighted by molar-refractivity contribution is -0.144. The van der Waals surface area contributed by atoms with Crippen LogP contribution in [0.2, 0.25) is 0 Å². The number of carbonyl (C=O) groups is 3. The van der Waals surface area contributed by atoms with E-state index < -0.39 is 41.5 Å². The van der Waals surface area contributed by atoms with Crippen molar-refractivity contribution in [2.45, 2.75) is 71.7 Å². The van der Waals surface area contributed by atoms with E-state index in [1.165, 1.54) is 4.90 Å². The standard InChI is InChI=1S/C30H38N6O4/c1-18-19(2)36(34-33-18)26(30(3,4)5)29(40)35-17-23(37)16-25(35)28(39)32-24(27(31)38)15-20-11-13-22(14-12-20)21-9-7-6-8-10-21/h6-14,23-26,37H,15-17H2,1-5H3,(H2,31,38)(H,32,39)/t23-,24-,25+,26-/m1/s1. The number of hydrogen-bond acceptors (Lipinski definition) is 6. The fourth-order valence-electron chi connectivity index (χ4n) is 5.16. The summed E-state index contributed by atoms with van der Waals surface area (Å²) in [5.74, 6) is -1.56. The molecule has 1 fully saturated rings. The van der Waals surface area contributed by atoms with Crippen molar-refractivity contribution >= 4 is 17.7 Å². The van der Waals surface area contributed by atoms with E-state index in [4.69, 9.17) is 5.73 Å². The predicted molar refractivity (Wildman–Crippen MR) is 151 cm³/mol. The molecule has 4 N–H and O–H groups in total. The second-order valence-corrected chi connectivity index (χ2v) is 11.6. The largest absolute Gasteiger partial charge is 0.391 e. The van der Waals surface area contributed by atoms with Gasteiger partial charge in [0.15, 0.2) is 0 Å². The minimum atomic E-state index is -0.983. The summed E-state index contributed by atoms with van der Waals surface area (Å²) in [4.78, 5) is 41.1. The van der Waals surface area contributed by atoms with Crippen LogP contribution < -0.4 is 11.1 Å². The number of aromatic nitrogens is 3. The van der Waals surface area contributed by atoms with Crippen LogP contribution in [0.1, 0.15) is 50.2 Å². The van der Waals surface area contributed by atoms with Crippen molar-refractivity contribution in [2.75, 3.05) is 6.54 Å². The average molecular weight is 547 g/mol. The fraction of sp³-hybridized carbons (Fsp3) is 0.433. The second-order valence-electron chi connectivity index (χ2n) is 11.6. The second kappa shape index (κ2) is 11.6. The first kappa shape index (κ1) is 28.9. The lowest BCUT2D eigenvalue weighted by Gasteiger charge is -2.35.